The molecular weight excluding hydrogens is 604 g/mol. The second-order valence-corrected chi connectivity index (χ2v) is 13.2. The molecule has 0 spiro atoms. The number of hydrogen-bond acceptors (Lipinski definition) is 13. The number of carbonyl (C=O) groups excluding carboxylic acids is 1. The van der Waals surface area contributed by atoms with Crippen LogP contribution in [0.2, 0.25) is 0 Å². The second-order valence-electron chi connectivity index (χ2n) is 13.2. The third kappa shape index (κ3) is 5.32. The van der Waals surface area contributed by atoms with Crippen molar-refractivity contribution in [3.8, 4) is 28.7 Å². The highest BCUT2D eigenvalue weighted by Gasteiger charge is 2.56. The molecule has 2 aromatic carbocycles. The molecule has 2 N–H and O–H groups in total. The Balaban J connectivity index is 1.32. The minimum absolute atomic E-state index is 0.0436. The molecule has 0 bridgehead atoms. The zero-order chi connectivity index (χ0) is 32.5. The molecule has 0 amide bonds. The van der Waals surface area contributed by atoms with E-state index in [4.69, 9.17) is 47.4 Å². The standard InChI is InChI=1S/C33H40O13/c1-14-39-12-23-30(43-14)26(34)27(35)32(44-23)45-28-17-10-20-19(41-13-42-20)9-16(17)24(25-18(28)11-40-31(25)36)15-7-21(37-5)29(22(8-15)38-6)46-33(2,3)4/h7-10,14,18,23-28,30,32,34-35H,11-13H2,1-6H3/t14-,18+,23-,24-,25+,26-,27-,28-,30-,32+/m1/s1. The summed E-state index contributed by atoms with van der Waals surface area (Å²) in [6.45, 7) is 7.77. The third-order valence-electron chi connectivity index (χ3n) is 9.13. The van der Waals surface area contributed by atoms with Gasteiger partial charge in [-0.3, -0.25) is 4.79 Å². The average Bonchev–Trinajstić information content (AvgIpc) is 3.64. The molecule has 3 saturated heterocycles. The van der Waals surface area contributed by atoms with Crippen LogP contribution in [-0.4, -0.2) is 93.0 Å². The predicted octanol–water partition coefficient (Wildman–Crippen LogP) is 2.81. The molecule has 0 saturated carbocycles. The molecule has 0 unspecified atom stereocenters. The quantitative estimate of drug-likeness (QED) is 0.444. The van der Waals surface area contributed by atoms with Gasteiger partial charge >= 0.3 is 5.97 Å². The Morgan fingerprint density at radius 2 is 1.54 bits per heavy atom. The lowest BCUT2D eigenvalue weighted by Crippen LogP contribution is -2.63. The summed E-state index contributed by atoms with van der Waals surface area (Å²) < 4.78 is 58.9. The number of aliphatic hydroxyl groups excluding tert-OH is 2. The number of rotatable bonds is 6. The van der Waals surface area contributed by atoms with E-state index in [0.717, 1.165) is 11.1 Å². The summed E-state index contributed by atoms with van der Waals surface area (Å²) >= 11 is 0. The van der Waals surface area contributed by atoms with Gasteiger partial charge in [-0.1, -0.05) is 0 Å². The number of hydrogen-bond donors (Lipinski definition) is 2. The first-order valence-corrected chi connectivity index (χ1v) is 15.5. The molecular formula is C33H40O13. The minimum atomic E-state index is -1.43. The molecule has 250 valence electrons. The van der Waals surface area contributed by atoms with Gasteiger partial charge in [-0.25, -0.2) is 0 Å². The lowest BCUT2D eigenvalue weighted by atomic mass is 9.66. The summed E-state index contributed by atoms with van der Waals surface area (Å²) in [4.78, 5) is 13.6. The van der Waals surface area contributed by atoms with Crippen LogP contribution in [0.1, 0.15) is 56.4 Å². The Hall–Kier alpha value is -3.33. The van der Waals surface area contributed by atoms with Crippen LogP contribution in [-0.2, 0) is 28.5 Å². The number of carbonyl (C=O) groups is 1. The van der Waals surface area contributed by atoms with Crippen LogP contribution in [0.25, 0.3) is 0 Å². The Bertz CT molecular complexity index is 1460. The zero-order valence-electron chi connectivity index (χ0n) is 26.6. The normalized spacial score (nSPS) is 34.7. The van der Waals surface area contributed by atoms with Crippen molar-refractivity contribution >= 4 is 5.97 Å². The van der Waals surface area contributed by atoms with E-state index >= 15 is 0 Å². The van der Waals surface area contributed by atoms with Crippen LogP contribution in [0.3, 0.4) is 0 Å². The summed E-state index contributed by atoms with van der Waals surface area (Å²) in [5.74, 6) is 0.282. The van der Waals surface area contributed by atoms with Crippen LogP contribution in [0.4, 0.5) is 0 Å². The van der Waals surface area contributed by atoms with E-state index in [1.165, 1.54) is 0 Å². The molecule has 13 heteroatoms. The fraction of sp³-hybridized carbons (Fsp3) is 0.606. The Labute approximate surface area is 266 Å². The Kier molecular flexibility index (Phi) is 7.97. The van der Waals surface area contributed by atoms with E-state index in [-0.39, 0.29) is 20.0 Å². The van der Waals surface area contributed by atoms with E-state index in [0.29, 0.717) is 34.3 Å². The van der Waals surface area contributed by atoms with Gasteiger partial charge in [-0.05, 0) is 68.7 Å². The van der Waals surface area contributed by atoms with Crippen molar-refractivity contribution in [2.75, 3.05) is 34.2 Å². The first-order chi connectivity index (χ1) is 22.0. The van der Waals surface area contributed by atoms with Crippen molar-refractivity contribution in [3.05, 3.63) is 41.0 Å². The van der Waals surface area contributed by atoms with Crippen molar-refractivity contribution in [2.45, 2.75) is 82.3 Å². The predicted molar refractivity (Wildman–Crippen MR) is 157 cm³/mol. The molecule has 7 rings (SSSR count). The zero-order valence-corrected chi connectivity index (χ0v) is 26.6. The summed E-state index contributed by atoms with van der Waals surface area (Å²) in [6, 6.07) is 7.39. The molecule has 13 nitrogen and oxygen atoms in total. The van der Waals surface area contributed by atoms with E-state index in [2.05, 4.69) is 0 Å². The second kappa shape index (κ2) is 11.7. The first-order valence-electron chi connectivity index (χ1n) is 15.5. The van der Waals surface area contributed by atoms with Gasteiger partial charge in [-0.15, -0.1) is 0 Å². The maximum Gasteiger partial charge on any atom is 0.310 e. The molecule has 0 radical (unpaired) electrons. The van der Waals surface area contributed by atoms with Gasteiger partial charge < -0.3 is 57.6 Å². The van der Waals surface area contributed by atoms with Crippen LogP contribution >= 0.6 is 0 Å². The van der Waals surface area contributed by atoms with Crippen molar-refractivity contribution in [3.63, 3.8) is 0 Å². The molecule has 10 atom stereocenters. The Morgan fingerprint density at radius 1 is 0.870 bits per heavy atom. The van der Waals surface area contributed by atoms with Crippen molar-refractivity contribution in [1.82, 2.24) is 0 Å². The largest absolute Gasteiger partial charge is 0.493 e. The lowest BCUT2D eigenvalue weighted by molar-refractivity contribution is -0.364. The van der Waals surface area contributed by atoms with Gasteiger partial charge in [-0.2, -0.15) is 0 Å². The topological polar surface area (TPSA) is 150 Å². The number of aliphatic hydroxyl groups is 2. The fourth-order valence-electron chi connectivity index (χ4n) is 7.13. The first kappa shape index (κ1) is 31.3. The number of fused-ring (bicyclic) bond motifs is 4. The smallest absolute Gasteiger partial charge is 0.310 e. The van der Waals surface area contributed by atoms with Crippen molar-refractivity contribution in [2.24, 2.45) is 11.8 Å². The summed E-state index contributed by atoms with van der Waals surface area (Å²) in [5.41, 5.74) is 1.65. The fourth-order valence-corrected chi connectivity index (χ4v) is 7.13. The Morgan fingerprint density at radius 3 is 2.20 bits per heavy atom. The number of esters is 1. The highest BCUT2D eigenvalue weighted by atomic mass is 16.8. The van der Waals surface area contributed by atoms with E-state index in [1.807, 2.05) is 45.0 Å². The molecule has 4 aliphatic heterocycles. The van der Waals surface area contributed by atoms with Gasteiger partial charge in [0.1, 0.15) is 30.0 Å². The maximum absolute atomic E-state index is 13.6. The number of ether oxygens (including phenoxy) is 10. The van der Waals surface area contributed by atoms with Crippen molar-refractivity contribution < 1.29 is 62.4 Å². The average molecular weight is 645 g/mol. The summed E-state index contributed by atoms with van der Waals surface area (Å²) in [5, 5.41) is 22.1. The molecule has 46 heavy (non-hydrogen) atoms. The number of cyclic esters (lactones) is 1. The number of benzene rings is 2. The lowest BCUT2D eigenvalue weighted by Gasteiger charge is -2.47. The number of methoxy groups -OCH3 is 2. The van der Waals surface area contributed by atoms with E-state index < -0.39 is 72.4 Å². The van der Waals surface area contributed by atoms with Crippen LogP contribution in [0.15, 0.2) is 24.3 Å². The van der Waals surface area contributed by atoms with E-state index in [9.17, 15) is 15.0 Å². The summed E-state index contributed by atoms with van der Waals surface area (Å²) in [6.07, 6.45) is -6.74. The van der Waals surface area contributed by atoms with Crippen molar-refractivity contribution in [1.29, 1.82) is 0 Å². The van der Waals surface area contributed by atoms with E-state index in [1.54, 1.807) is 21.1 Å². The SMILES string of the molecule is COc1cc([C@@H]2c3cc4c(cc3[C@@H](O[C@@H]3O[C@@H]5CO[C@@H](C)O[C@H]5[C@H](O)[C@H]3O)[C@H]3COC(=O)[C@H]23)OCO4)cc(OC)c1OC(C)(C)C. The van der Waals surface area contributed by atoms with Gasteiger partial charge in [0.05, 0.1) is 39.5 Å². The third-order valence-corrected chi connectivity index (χ3v) is 9.13. The monoisotopic (exact) mass is 644 g/mol. The van der Waals surface area contributed by atoms with Gasteiger partial charge in [0.15, 0.2) is 35.6 Å². The minimum Gasteiger partial charge on any atom is -0.493 e. The van der Waals surface area contributed by atoms with Crippen LogP contribution in [0, 0.1) is 11.8 Å². The summed E-state index contributed by atoms with van der Waals surface area (Å²) in [7, 11) is 3.10. The van der Waals surface area contributed by atoms with Gasteiger partial charge in [0, 0.05) is 11.8 Å². The van der Waals surface area contributed by atoms with Crippen LogP contribution < -0.4 is 23.7 Å². The van der Waals surface area contributed by atoms with Gasteiger partial charge in [0.2, 0.25) is 12.5 Å². The molecule has 2 aromatic rings. The van der Waals surface area contributed by atoms with Gasteiger partial charge in [0.25, 0.3) is 0 Å². The molecule has 3 fully saturated rings. The highest BCUT2D eigenvalue weighted by Crippen LogP contribution is 2.57. The molecule has 1 aliphatic carbocycles. The van der Waals surface area contributed by atoms with Crippen LogP contribution in [0.5, 0.6) is 28.7 Å². The highest BCUT2D eigenvalue weighted by molar-refractivity contribution is 5.79. The molecule has 5 aliphatic rings. The maximum atomic E-state index is 13.6. The molecule has 4 heterocycles. The molecule has 0 aromatic heterocycles.